The van der Waals surface area contributed by atoms with Gasteiger partial charge in [-0.15, -0.1) is 24.8 Å². The van der Waals surface area contributed by atoms with Gasteiger partial charge in [0.25, 0.3) is 6.47 Å². The summed E-state index contributed by atoms with van der Waals surface area (Å²) in [6.07, 6.45) is 4.37. The predicted molar refractivity (Wildman–Crippen MR) is 52.1 cm³/mol. The van der Waals surface area contributed by atoms with E-state index in [2.05, 4.69) is 14.7 Å². The fraction of sp³-hybridized carbons (Fsp3) is 0.286. The Morgan fingerprint density at radius 2 is 2.15 bits per heavy atom. The zero-order chi connectivity index (χ0) is 8.10. The first-order chi connectivity index (χ1) is 5.34. The maximum absolute atomic E-state index is 9.92. The molecule has 0 aliphatic heterocycles. The minimum atomic E-state index is -0.318. The quantitative estimate of drug-likeness (QED) is 0.732. The molecule has 0 saturated carbocycles. The first-order valence-electron chi connectivity index (χ1n) is 3.19. The van der Waals surface area contributed by atoms with Crippen molar-refractivity contribution in [2.75, 3.05) is 0 Å². The molecule has 6 heteroatoms. The average molecular weight is 225 g/mol. The largest absolute Gasteiger partial charge is 0.458 e. The van der Waals surface area contributed by atoms with Crippen LogP contribution < -0.4 is 0 Å². The number of hydrogen-bond donors (Lipinski definition) is 0. The number of carbonyl (C=O) groups excluding carboxylic acids is 1. The number of rotatable bonds is 3. The van der Waals surface area contributed by atoms with Crippen LogP contribution in [0.25, 0.3) is 0 Å². The Balaban J connectivity index is 0. The Morgan fingerprint density at radius 3 is 2.62 bits per heavy atom. The van der Waals surface area contributed by atoms with Crippen molar-refractivity contribution in [2.24, 2.45) is 0 Å². The molecule has 1 unspecified atom stereocenters. The molecule has 0 aromatic carbocycles. The van der Waals surface area contributed by atoms with E-state index in [0.29, 0.717) is 12.2 Å². The summed E-state index contributed by atoms with van der Waals surface area (Å²) in [4.78, 5) is 17.7. The van der Waals surface area contributed by atoms with Gasteiger partial charge in [-0.3, -0.25) is 14.8 Å². The maximum Gasteiger partial charge on any atom is 0.293 e. The summed E-state index contributed by atoms with van der Waals surface area (Å²) >= 11 is 0. The molecule has 0 aliphatic rings. The monoisotopic (exact) mass is 224 g/mol. The van der Waals surface area contributed by atoms with Gasteiger partial charge in [0, 0.05) is 12.4 Å². The third-order valence-corrected chi connectivity index (χ3v) is 1.26. The number of aromatic nitrogens is 2. The topological polar surface area (TPSA) is 52.1 Å². The molecule has 0 N–H and O–H groups in total. The molecule has 0 bridgehead atoms. The summed E-state index contributed by atoms with van der Waals surface area (Å²) in [5.41, 5.74) is 0.652. The first-order valence-corrected chi connectivity index (χ1v) is 3.19. The number of ether oxygens (including phenoxy) is 1. The van der Waals surface area contributed by atoms with Crippen LogP contribution in [0, 0.1) is 0 Å². The van der Waals surface area contributed by atoms with Gasteiger partial charge in [-0.1, -0.05) is 0 Å². The summed E-state index contributed by atoms with van der Waals surface area (Å²) in [6.45, 7) is 2.14. The molecule has 0 aliphatic carbocycles. The average Bonchev–Trinajstić information content (AvgIpc) is 2.07. The Bertz CT molecular complexity index is 233. The van der Waals surface area contributed by atoms with E-state index < -0.39 is 0 Å². The molecular weight excluding hydrogens is 215 g/mol. The normalized spacial score (nSPS) is 10.2. The first kappa shape index (κ1) is 14.6. The smallest absolute Gasteiger partial charge is 0.293 e. The summed E-state index contributed by atoms with van der Waals surface area (Å²) in [5.74, 6) is 0. The third kappa shape index (κ3) is 4.65. The van der Waals surface area contributed by atoms with E-state index in [1.54, 1.807) is 25.5 Å². The second kappa shape index (κ2) is 7.76. The summed E-state index contributed by atoms with van der Waals surface area (Å²) in [7, 11) is 0. The molecule has 0 radical (unpaired) electrons. The van der Waals surface area contributed by atoms with Gasteiger partial charge in [-0.2, -0.15) is 0 Å². The zero-order valence-corrected chi connectivity index (χ0v) is 8.55. The van der Waals surface area contributed by atoms with Gasteiger partial charge in [0.2, 0.25) is 0 Å². The van der Waals surface area contributed by atoms with E-state index in [0.717, 1.165) is 0 Å². The molecule has 74 valence electrons. The van der Waals surface area contributed by atoms with E-state index in [4.69, 9.17) is 0 Å². The number of hydrogen-bond acceptors (Lipinski definition) is 4. The lowest BCUT2D eigenvalue weighted by molar-refractivity contribution is -0.133. The van der Waals surface area contributed by atoms with Gasteiger partial charge in [-0.25, -0.2) is 0 Å². The molecular formula is C7H10Cl2N2O2. The third-order valence-electron chi connectivity index (χ3n) is 1.26. The highest BCUT2D eigenvalue weighted by Crippen LogP contribution is 2.09. The van der Waals surface area contributed by atoms with E-state index in [1.807, 2.05) is 0 Å². The van der Waals surface area contributed by atoms with Gasteiger partial charge in [0.1, 0.15) is 6.10 Å². The number of carbonyl (C=O) groups is 1. The van der Waals surface area contributed by atoms with Crippen molar-refractivity contribution < 1.29 is 9.53 Å². The molecule has 1 rings (SSSR count). The van der Waals surface area contributed by atoms with Crippen molar-refractivity contribution in [3.8, 4) is 0 Å². The van der Waals surface area contributed by atoms with E-state index in [-0.39, 0.29) is 30.9 Å². The summed E-state index contributed by atoms with van der Waals surface area (Å²) < 4.78 is 4.64. The van der Waals surface area contributed by atoms with Crippen LogP contribution in [0.3, 0.4) is 0 Å². The number of halogens is 2. The SMILES string of the molecule is CC(OC=O)c1cnccn1.Cl.Cl. The fourth-order valence-electron chi connectivity index (χ4n) is 0.674. The van der Waals surface area contributed by atoms with Crippen molar-refractivity contribution in [2.45, 2.75) is 13.0 Å². The Labute approximate surface area is 88.5 Å². The van der Waals surface area contributed by atoms with Crippen molar-refractivity contribution in [3.05, 3.63) is 24.3 Å². The molecule has 0 saturated heterocycles. The molecule has 1 atom stereocenters. The highest BCUT2D eigenvalue weighted by molar-refractivity contribution is 5.85. The molecule has 0 spiro atoms. The molecule has 13 heavy (non-hydrogen) atoms. The van der Waals surface area contributed by atoms with Crippen LogP contribution >= 0.6 is 24.8 Å². The van der Waals surface area contributed by atoms with Crippen LogP contribution in [0.2, 0.25) is 0 Å². The highest BCUT2D eigenvalue weighted by atomic mass is 35.5. The van der Waals surface area contributed by atoms with E-state index >= 15 is 0 Å². The fourth-order valence-corrected chi connectivity index (χ4v) is 0.674. The molecule has 0 amide bonds. The van der Waals surface area contributed by atoms with Gasteiger partial charge in [0.05, 0.1) is 11.9 Å². The van der Waals surface area contributed by atoms with Crippen LogP contribution in [-0.2, 0) is 9.53 Å². The lowest BCUT2D eigenvalue weighted by Crippen LogP contribution is -2.00. The van der Waals surface area contributed by atoms with Crippen LogP contribution in [0.15, 0.2) is 18.6 Å². The predicted octanol–water partition coefficient (Wildman–Crippen LogP) is 1.55. The van der Waals surface area contributed by atoms with Crippen LogP contribution in [0.1, 0.15) is 18.7 Å². The Morgan fingerprint density at radius 1 is 1.46 bits per heavy atom. The molecule has 1 heterocycles. The van der Waals surface area contributed by atoms with Crippen molar-refractivity contribution in [1.82, 2.24) is 9.97 Å². The van der Waals surface area contributed by atoms with Crippen molar-refractivity contribution in [3.63, 3.8) is 0 Å². The maximum atomic E-state index is 9.92. The van der Waals surface area contributed by atoms with Crippen molar-refractivity contribution in [1.29, 1.82) is 0 Å². The van der Waals surface area contributed by atoms with Gasteiger partial charge in [0.15, 0.2) is 0 Å². The second-order valence-corrected chi connectivity index (χ2v) is 2.00. The molecule has 1 aromatic heterocycles. The Hall–Kier alpha value is -0.870. The van der Waals surface area contributed by atoms with Gasteiger partial charge < -0.3 is 4.74 Å². The lowest BCUT2D eigenvalue weighted by Gasteiger charge is -2.06. The Kier molecular flexibility index (Phi) is 8.74. The minimum Gasteiger partial charge on any atom is -0.458 e. The van der Waals surface area contributed by atoms with Crippen LogP contribution in [0.5, 0.6) is 0 Å². The van der Waals surface area contributed by atoms with Gasteiger partial charge in [-0.05, 0) is 6.92 Å². The minimum absolute atomic E-state index is 0. The van der Waals surface area contributed by atoms with Crippen LogP contribution in [0.4, 0.5) is 0 Å². The van der Waals surface area contributed by atoms with Crippen molar-refractivity contribution >= 4 is 31.3 Å². The standard InChI is InChI=1S/C7H8N2O2.2ClH/c1-6(11-5-10)7-4-8-2-3-9-7;;/h2-6H,1H3;2*1H. The van der Waals surface area contributed by atoms with Gasteiger partial charge >= 0.3 is 0 Å². The summed E-state index contributed by atoms with van der Waals surface area (Å²) in [5, 5.41) is 0. The second-order valence-electron chi connectivity index (χ2n) is 2.00. The van der Waals surface area contributed by atoms with Crippen LogP contribution in [-0.4, -0.2) is 16.4 Å². The molecule has 0 fully saturated rings. The molecule has 4 nitrogen and oxygen atoms in total. The molecule has 1 aromatic rings. The van der Waals surface area contributed by atoms with E-state index in [9.17, 15) is 4.79 Å². The number of nitrogens with zero attached hydrogens (tertiary/aromatic N) is 2. The summed E-state index contributed by atoms with van der Waals surface area (Å²) in [6, 6.07) is 0. The van der Waals surface area contributed by atoms with E-state index in [1.165, 1.54) is 0 Å². The lowest BCUT2D eigenvalue weighted by atomic mass is 10.3. The zero-order valence-electron chi connectivity index (χ0n) is 6.91. The highest BCUT2D eigenvalue weighted by Gasteiger charge is 2.05.